The molecule has 1 aliphatic rings. The third-order valence-electron chi connectivity index (χ3n) is 4.42. The third kappa shape index (κ3) is 3.51. The van der Waals surface area contributed by atoms with Gasteiger partial charge in [0.15, 0.2) is 5.65 Å². The molecule has 1 fully saturated rings. The molecule has 1 aliphatic heterocycles. The summed E-state index contributed by atoms with van der Waals surface area (Å²) in [7, 11) is 0. The van der Waals surface area contributed by atoms with Crippen LogP contribution in [0.3, 0.4) is 0 Å². The van der Waals surface area contributed by atoms with E-state index in [1.54, 1.807) is 0 Å². The zero-order valence-corrected chi connectivity index (χ0v) is 13.6. The molecule has 1 aromatic carbocycles. The van der Waals surface area contributed by atoms with Crippen LogP contribution < -0.4 is 5.32 Å². The van der Waals surface area contributed by atoms with Crippen molar-refractivity contribution >= 4 is 11.5 Å². The molecule has 0 bridgehead atoms. The van der Waals surface area contributed by atoms with Crippen LogP contribution in [0.1, 0.15) is 30.4 Å². The quantitative estimate of drug-likeness (QED) is 0.775. The molecule has 3 heterocycles. The topological polar surface area (TPSA) is 71.2 Å². The molecular formula is C17H21N7. The number of rotatable bonds is 5. The molecule has 1 saturated heterocycles. The Morgan fingerprint density at radius 2 is 1.71 bits per heavy atom. The number of hydrogen-bond donors (Lipinski definition) is 1. The van der Waals surface area contributed by atoms with E-state index in [2.05, 4.69) is 55.1 Å². The summed E-state index contributed by atoms with van der Waals surface area (Å²) in [4.78, 5) is 2.54. The van der Waals surface area contributed by atoms with Crippen LogP contribution in [0.5, 0.6) is 0 Å². The van der Waals surface area contributed by atoms with Gasteiger partial charge in [0.25, 0.3) is 0 Å². The highest BCUT2D eigenvalue weighted by molar-refractivity contribution is 5.42. The normalized spacial score (nSPS) is 15.7. The Balaban J connectivity index is 1.34. The molecule has 0 atom stereocenters. The Bertz CT molecular complexity index is 790. The van der Waals surface area contributed by atoms with Gasteiger partial charge in [0, 0.05) is 13.1 Å². The first-order chi connectivity index (χ1) is 11.9. The molecule has 0 amide bonds. The van der Waals surface area contributed by atoms with Crippen molar-refractivity contribution in [1.82, 2.24) is 30.2 Å². The minimum Gasteiger partial charge on any atom is -0.365 e. The lowest BCUT2D eigenvalue weighted by molar-refractivity contribution is 0.221. The van der Waals surface area contributed by atoms with Crippen LogP contribution in [0, 0.1) is 0 Å². The Morgan fingerprint density at radius 3 is 2.54 bits per heavy atom. The van der Waals surface area contributed by atoms with Gasteiger partial charge < -0.3 is 5.32 Å². The van der Waals surface area contributed by atoms with E-state index in [4.69, 9.17) is 0 Å². The fraction of sp³-hybridized carbons (Fsp3) is 0.412. The number of nitrogens with zero attached hydrogens (tertiary/aromatic N) is 6. The second-order valence-electron chi connectivity index (χ2n) is 6.25. The number of likely N-dealkylation sites (tertiary alicyclic amines) is 1. The van der Waals surface area contributed by atoms with E-state index < -0.39 is 0 Å². The van der Waals surface area contributed by atoms with Gasteiger partial charge in [0.2, 0.25) is 0 Å². The van der Waals surface area contributed by atoms with Crippen LogP contribution >= 0.6 is 0 Å². The summed E-state index contributed by atoms with van der Waals surface area (Å²) >= 11 is 0. The lowest BCUT2D eigenvalue weighted by Gasteiger charge is -2.26. The van der Waals surface area contributed by atoms with Gasteiger partial charge >= 0.3 is 0 Å². The van der Waals surface area contributed by atoms with Gasteiger partial charge in [0.1, 0.15) is 5.82 Å². The molecule has 1 N–H and O–H groups in total. The van der Waals surface area contributed by atoms with E-state index in [9.17, 15) is 0 Å². The molecule has 0 radical (unpaired) electrons. The fourth-order valence-electron chi connectivity index (χ4n) is 3.07. The zero-order chi connectivity index (χ0) is 16.2. The summed E-state index contributed by atoms with van der Waals surface area (Å²) in [5.41, 5.74) is 3.26. The Labute approximate surface area is 140 Å². The van der Waals surface area contributed by atoms with Crippen molar-refractivity contribution in [2.45, 2.75) is 32.4 Å². The smallest absolute Gasteiger partial charge is 0.200 e. The summed E-state index contributed by atoms with van der Waals surface area (Å²) in [6.45, 7) is 4.25. The minimum atomic E-state index is 0.641. The van der Waals surface area contributed by atoms with Gasteiger partial charge in [-0.15, -0.1) is 14.8 Å². The van der Waals surface area contributed by atoms with Crippen LogP contribution in [0.4, 0.5) is 5.82 Å². The van der Waals surface area contributed by atoms with Crippen molar-refractivity contribution in [2.75, 3.05) is 18.4 Å². The van der Waals surface area contributed by atoms with E-state index in [1.807, 2.05) is 12.1 Å². The molecule has 0 aliphatic carbocycles. The minimum absolute atomic E-state index is 0.641. The highest BCUT2D eigenvalue weighted by atomic mass is 15.6. The van der Waals surface area contributed by atoms with Crippen LogP contribution in [-0.4, -0.2) is 43.2 Å². The summed E-state index contributed by atoms with van der Waals surface area (Å²) in [6, 6.07) is 12.5. The first-order valence-electron chi connectivity index (χ1n) is 8.46. The number of fused-ring (bicyclic) bond motifs is 1. The van der Waals surface area contributed by atoms with E-state index in [0.717, 1.165) is 18.9 Å². The monoisotopic (exact) mass is 323 g/mol. The van der Waals surface area contributed by atoms with E-state index >= 15 is 0 Å². The average molecular weight is 323 g/mol. The first-order valence-corrected chi connectivity index (χ1v) is 8.46. The predicted molar refractivity (Wildman–Crippen MR) is 91.5 cm³/mol. The SMILES string of the molecule is c1cc(CN2CCCCC2)ccc1CNc1ccc2nnnn2n1. The van der Waals surface area contributed by atoms with Gasteiger partial charge in [-0.3, -0.25) is 4.90 Å². The maximum absolute atomic E-state index is 4.31. The molecule has 7 heteroatoms. The number of hydrogen-bond acceptors (Lipinski definition) is 6. The molecule has 0 saturated carbocycles. The van der Waals surface area contributed by atoms with Crippen molar-refractivity contribution < 1.29 is 0 Å². The Hall–Kier alpha value is -2.54. The van der Waals surface area contributed by atoms with Gasteiger partial charge in [-0.05, 0) is 59.6 Å². The Kier molecular flexibility index (Phi) is 4.33. The first kappa shape index (κ1) is 15.0. The maximum Gasteiger partial charge on any atom is 0.200 e. The zero-order valence-electron chi connectivity index (χ0n) is 13.6. The van der Waals surface area contributed by atoms with Crippen LogP contribution in [-0.2, 0) is 13.1 Å². The van der Waals surface area contributed by atoms with Crippen LogP contribution in [0.2, 0.25) is 0 Å². The lowest BCUT2D eigenvalue weighted by atomic mass is 10.1. The number of benzene rings is 1. The second kappa shape index (κ2) is 6.92. The van der Waals surface area contributed by atoms with Crippen molar-refractivity contribution in [2.24, 2.45) is 0 Å². The summed E-state index contributed by atoms with van der Waals surface area (Å²) in [6.07, 6.45) is 4.05. The number of nitrogens with one attached hydrogen (secondary N) is 1. The molecule has 24 heavy (non-hydrogen) atoms. The standard InChI is InChI=1S/C17H21N7/c1-2-10-23(11-3-1)13-15-6-4-14(5-7-15)12-18-16-8-9-17-19-21-22-24(17)20-16/h4-9H,1-3,10-13H2,(H,18,20). The number of anilines is 1. The molecular weight excluding hydrogens is 302 g/mol. The number of piperidine rings is 1. The average Bonchev–Trinajstić information content (AvgIpc) is 3.10. The van der Waals surface area contributed by atoms with Gasteiger partial charge in [-0.2, -0.15) is 0 Å². The molecule has 7 nitrogen and oxygen atoms in total. The van der Waals surface area contributed by atoms with Crippen LogP contribution in [0.25, 0.3) is 5.65 Å². The molecule has 3 aromatic rings. The van der Waals surface area contributed by atoms with Crippen molar-refractivity contribution in [3.63, 3.8) is 0 Å². The predicted octanol–water partition coefficient (Wildman–Crippen LogP) is 2.12. The van der Waals surface area contributed by atoms with Gasteiger partial charge in [-0.25, -0.2) is 0 Å². The number of aromatic nitrogens is 5. The summed E-state index contributed by atoms with van der Waals surface area (Å²) in [5, 5.41) is 18.8. The van der Waals surface area contributed by atoms with Crippen LogP contribution in [0.15, 0.2) is 36.4 Å². The maximum atomic E-state index is 4.31. The molecule has 0 spiro atoms. The molecule has 124 valence electrons. The Morgan fingerprint density at radius 1 is 0.917 bits per heavy atom. The molecule has 4 rings (SSSR count). The second-order valence-corrected chi connectivity index (χ2v) is 6.25. The van der Waals surface area contributed by atoms with Crippen molar-refractivity contribution in [3.8, 4) is 0 Å². The highest BCUT2D eigenvalue weighted by Crippen LogP contribution is 2.14. The third-order valence-corrected chi connectivity index (χ3v) is 4.42. The lowest BCUT2D eigenvalue weighted by Crippen LogP contribution is -2.29. The fourth-order valence-corrected chi connectivity index (χ4v) is 3.07. The van der Waals surface area contributed by atoms with E-state index in [-0.39, 0.29) is 0 Å². The largest absolute Gasteiger partial charge is 0.365 e. The summed E-state index contributed by atoms with van der Waals surface area (Å²) in [5.74, 6) is 0.757. The van der Waals surface area contributed by atoms with E-state index in [0.29, 0.717) is 5.65 Å². The highest BCUT2D eigenvalue weighted by Gasteiger charge is 2.10. The van der Waals surface area contributed by atoms with Gasteiger partial charge in [-0.1, -0.05) is 30.7 Å². The van der Waals surface area contributed by atoms with E-state index in [1.165, 1.54) is 48.1 Å². The summed E-state index contributed by atoms with van der Waals surface area (Å²) < 4.78 is 1.42. The molecule has 2 aromatic heterocycles. The van der Waals surface area contributed by atoms with Crippen molar-refractivity contribution in [3.05, 3.63) is 47.5 Å². The van der Waals surface area contributed by atoms with Gasteiger partial charge in [0.05, 0.1) is 0 Å². The van der Waals surface area contributed by atoms with Crippen molar-refractivity contribution in [1.29, 1.82) is 0 Å². The number of tetrazole rings is 1. The molecule has 0 unspecified atom stereocenters.